The molecular formula is C11H13N3O2. The quantitative estimate of drug-likeness (QED) is 0.839. The molecule has 0 saturated carbocycles. The van der Waals surface area contributed by atoms with E-state index in [1.165, 1.54) is 0 Å². The van der Waals surface area contributed by atoms with Gasteiger partial charge in [-0.1, -0.05) is 11.3 Å². The summed E-state index contributed by atoms with van der Waals surface area (Å²) in [6.45, 7) is 1.76. The smallest absolute Gasteiger partial charge is 0.121 e. The first kappa shape index (κ1) is 10.6. The van der Waals surface area contributed by atoms with Crippen LogP contribution in [0.4, 0.5) is 0 Å². The van der Waals surface area contributed by atoms with Gasteiger partial charge in [-0.2, -0.15) is 0 Å². The Morgan fingerprint density at radius 2 is 2.25 bits per heavy atom. The lowest BCUT2D eigenvalue weighted by Gasteiger charge is -2.05. The molecule has 84 valence electrons. The van der Waals surface area contributed by atoms with Crippen molar-refractivity contribution in [1.29, 1.82) is 0 Å². The van der Waals surface area contributed by atoms with E-state index in [0.717, 1.165) is 17.1 Å². The molecular weight excluding hydrogens is 206 g/mol. The minimum absolute atomic E-state index is 0.101. The molecule has 5 heteroatoms. The Morgan fingerprint density at radius 1 is 1.44 bits per heavy atom. The number of rotatable bonds is 3. The van der Waals surface area contributed by atoms with Gasteiger partial charge in [-0.25, -0.2) is 4.68 Å². The molecule has 0 bridgehead atoms. The number of nitrogens with zero attached hydrogens (tertiary/aromatic N) is 3. The van der Waals surface area contributed by atoms with Crippen LogP contribution < -0.4 is 4.74 Å². The summed E-state index contributed by atoms with van der Waals surface area (Å²) in [4.78, 5) is 0. The fraction of sp³-hybridized carbons (Fsp3) is 0.273. The van der Waals surface area contributed by atoms with Gasteiger partial charge in [0, 0.05) is 6.07 Å². The van der Waals surface area contributed by atoms with Gasteiger partial charge in [0.15, 0.2) is 0 Å². The molecule has 5 nitrogen and oxygen atoms in total. The molecule has 0 unspecified atom stereocenters. The minimum Gasteiger partial charge on any atom is -0.497 e. The highest BCUT2D eigenvalue weighted by Gasteiger charge is 2.09. The Hall–Kier alpha value is -1.88. The molecule has 16 heavy (non-hydrogen) atoms. The van der Waals surface area contributed by atoms with Gasteiger partial charge in [0.1, 0.15) is 11.4 Å². The number of hydrogen-bond donors (Lipinski definition) is 1. The summed E-state index contributed by atoms with van der Waals surface area (Å²) in [5.74, 6) is 0.762. The van der Waals surface area contributed by atoms with Crippen molar-refractivity contribution in [2.75, 3.05) is 7.11 Å². The van der Waals surface area contributed by atoms with Crippen molar-refractivity contribution in [2.45, 2.75) is 13.5 Å². The SMILES string of the molecule is COc1cccc(-n2nnc(CO)c2C)c1. The third-order valence-electron chi connectivity index (χ3n) is 2.44. The van der Waals surface area contributed by atoms with Gasteiger partial charge in [0.25, 0.3) is 0 Å². The molecule has 0 aliphatic heterocycles. The molecule has 0 spiro atoms. The molecule has 1 aromatic carbocycles. The van der Waals surface area contributed by atoms with Gasteiger partial charge in [0.2, 0.25) is 0 Å². The maximum atomic E-state index is 9.04. The number of aromatic nitrogens is 3. The Kier molecular flexibility index (Phi) is 2.87. The average molecular weight is 219 g/mol. The standard InChI is InChI=1S/C11H13N3O2/c1-8-11(7-15)12-13-14(8)9-4-3-5-10(6-9)16-2/h3-6,15H,7H2,1-2H3. The van der Waals surface area contributed by atoms with Gasteiger partial charge in [-0.3, -0.25) is 0 Å². The van der Waals surface area contributed by atoms with Crippen molar-refractivity contribution < 1.29 is 9.84 Å². The van der Waals surface area contributed by atoms with E-state index in [-0.39, 0.29) is 6.61 Å². The lowest BCUT2D eigenvalue weighted by Crippen LogP contribution is -2.00. The fourth-order valence-corrected chi connectivity index (χ4v) is 1.49. The molecule has 1 N–H and O–H groups in total. The second kappa shape index (κ2) is 4.32. The van der Waals surface area contributed by atoms with E-state index < -0.39 is 0 Å². The van der Waals surface area contributed by atoms with Gasteiger partial charge in [0.05, 0.1) is 25.1 Å². The lowest BCUT2D eigenvalue weighted by molar-refractivity contribution is 0.276. The molecule has 0 amide bonds. The number of ether oxygens (including phenoxy) is 1. The molecule has 0 fully saturated rings. The summed E-state index contributed by atoms with van der Waals surface area (Å²) >= 11 is 0. The van der Waals surface area contributed by atoms with Crippen LogP contribution in [0.5, 0.6) is 5.75 Å². The van der Waals surface area contributed by atoms with E-state index in [2.05, 4.69) is 10.3 Å². The number of methoxy groups -OCH3 is 1. The number of aliphatic hydroxyl groups is 1. The van der Waals surface area contributed by atoms with E-state index in [1.54, 1.807) is 11.8 Å². The monoisotopic (exact) mass is 219 g/mol. The molecule has 0 atom stereocenters. The summed E-state index contributed by atoms with van der Waals surface area (Å²) in [5, 5.41) is 16.9. The first-order valence-corrected chi connectivity index (χ1v) is 4.92. The molecule has 0 aliphatic carbocycles. The van der Waals surface area contributed by atoms with Crippen LogP contribution in [0.3, 0.4) is 0 Å². The van der Waals surface area contributed by atoms with Gasteiger partial charge < -0.3 is 9.84 Å². The molecule has 2 rings (SSSR count). The summed E-state index contributed by atoms with van der Waals surface area (Å²) in [7, 11) is 1.62. The highest BCUT2D eigenvalue weighted by atomic mass is 16.5. The summed E-state index contributed by atoms with van der Waals surface area (Å²) < 4.78 is 6.81. The van der Waals surface area contributed by atoms with E-state index in [0.29, 0.717) is 5.69 Å². The average Bonchev–Trinajstić information content (AvgIpc) is 2.70. The number of aliphatic hydroxyl groups excluding tert-OH is 1. The molecule has 0 saturated heterocycles. The lowest BCUT2D eigenvalue weighted by atomic mass is 10.3. The second-order valence-corrected chi connectivity index (χ2v) is 3.39. The van der Waals surface area contributed by atoms with Crippen LogP contribution in [0.1, 0.15) is 11.4 Å². The van der Waals surface area contributed by atoms with Crippen LogP contribution in [0.2, 0.25) is 0 Å². The van der Waals surface area contributed by atoms with Crippen LogP contribution in [0.25, 0.3) is 5.69 Å². The molecule has 1 aromatic heterocycles. The minimum atomic E-state index is -0.101. The molecule has 0 aliphatic rings. The number of benzene rings is 1. The Morgan fingerprint density at radius 3 is 2.88 bits per heavy atom. The highest BCUT2D eigenvalue weighted by Crippen LogP contribution is 2.17. The zero-order valence-corrected chi connectivity index (χ0v) is 9.21. The first-order valence-electron chi connectivity index (χ1n) is 4.92. The van der Waals surface area contributed by atoms with Crippen molar-refractivity contribution in [3.05, 3.63) is 35.7 Å². The summed E-state index contributed by atoms with van der Waals surface area (Å²) in [6.07, 6.45) is 0. The van der Waals surface area contributed by atoms with Gasteiger partial charge in [-0.15, -0.1) is 5.10 Å². The van der Waals surface area contributed by atoms with E-state index in [9.17, 15) is 0 Å². The molecule has 2 aromatic rings. The van der Waals surface area contributed by atoms with Gasteiger partial charge >= 0.3 is 0 Å². The summed E-state index contributed by atoms with van der Waals surface area (Å²) in [5.41, 5.74) is 2.28. The van der Waals surface area contributed by atoms with Crippen LogP contribution >= 0.6 is 0 Å². The number of hydrogen-bond acceptors (Lipinski definition) is 4. The Balaban J connectivity index is 2.45. The molecule has 1 heterocycles. The van der Waals surface area contributed by atoms with Crippen molar-refractivity contribution >= 4 is 0 Å². The topological polar surface area (TPSA) is 60.2 Å². The van der Waals surface area contributed by atoms with Crippen molar-refractivity contribution in [3.63, 3.8) is 0 Å². The molecule has 0 radical (unpaired) electrons. The third kappa shape index (κ3) is 1.77. The maximum absolute atomic E-state index is 9.04. The van der Waals surface area contributed by atoms with Crippen molar-refractivity contribution in [3.8, 4) is 11.4 Å². The van der Waals surface area contributed by atoms with Crippen molar-refractivity contribution in [2.24, 2.45) is 0 Å². The predicted octanol–water partition coefficient (Wildman–Crippen LogP) is 1.08. The van der Waals surface area contributed by atoms with Crippen LogP contribution in [0.15, 0.2) is 24.3 Å². The zero-order chi connectivity index (χ0) is 11.5. The maximum Gasteiger partial charge on any atom is 0.121 e. The largest absolute Gasteiger partial charge is 0.497 e. The van der Waals surface area contributed by atoms with E-state index in [1.807, 2.05) is 31.2 Å². The third-order valence-corrected chi connectivity index (χ3v) is 2.44. The van der Waals surface area contributed by atoms with Crippen LogP contribution in [-0.4, -0.2) is 27.2 Å². The summed E-state index contributed by atoms with van der Waals surface area (Å²) in [6, 6.07) is 7.52. The van der Waals surface area contributed by atoms with Crippen LogP contribution in [-0.2, 0) is 6.61 Å². The van der Waals surface area contributed by atoms with E-state index >= 15 is 0 Å². The normalized spacial score (nSPS) is 10.4. The van der Waals surface area contributed by atoms with Gasteiger partial charge in [-0.05, 0) is 19.1 Å². The second-order valence-electron chi connectivity index (χ2n) is 3.39. The Labute approximate surface area is 93.3 Å². The highest BCUT2D eigenvalue weighted by molar-refractivity contribution is 5.39. The first-order chi connectivity index (χ1) is 7.76. The van der Waals surface area contributed by atoms with E-state index in [4.69, 9.17) is 9.84 Å². The zero-order valence-electron chi connectivity index (χ0n) is 9.21. The van der Waals surface area contributed by atoms with Crippen LogP contribution in [0, 0.1) is 6.92 Å². The fourth-order valence-electron chi connectivity index (χ4n) is 1.49. The Bertz CT molecular complexity index is 494. The van der Waals surface area contributed by atoms with Crippen molar-refractivity contribution in [1.82, 2.24) is 15.0 Å². The predicted molar refractivity (Wildman–Crippen MR) is 58.6 cm³/mol.